The highest BCUT2D eigenvalue weighted by Gasteiger charge is 2.36. The molecule has 2 rings (SSSR count). The van der Waals surface area contributed by atoms with Gasteiger partial charge in [0.2, 0.25) is 0 Å². The number of rotatable bonds is 5. The SMILES string of the molecule is CN(C)C1(CNC(=O)c2ccnc(C(=O)O)c2)CCCC1. The summed E-state index contributed by atoms with van der Waals surface area (Å²) in [5.74, 6) is -1.39. The summed E-state index contributed by atoms with van der Waals surface area (Å²) >= 11 is 0. The number of aromatic carboxylic acids is 1. The van der Waals surface area contributed by atoms with E-state index in [0.717, 1.165) is 12.8 Å². The molecule has 1 heterocycles. The van der Waals surface area contributed by atoms with E-state index in [1.165, 1.54) is 31.2 Å². The second-order valence-corrected chi connectivity index (χ2v) is 5.74. The Morgan fingerprint density at radius 1 is 1.38 bits per heavy atom. The molecule has 0 bridgehead atoms. The van der Waals surface area contributed by atoms with Crippen molar-refractivity contribution in [3.8, 4) is 0 Å². The van der Waals surface area contributed by atoms with Crippen LogP contribution in [-0.2, 0) is 0 Å². The number of nitrogens with zero attached hydrogens (tertiary/aromatic N) is 2. The van der Waals surface area contributed by atoms with Crippen molar-refractivity contribution < 1.29 is 14.7 Å². The van der Waals surface area contributed by atoms with E-state index in [4.69, 9.17) is 5.11 Å². The molecule has 2 N–H and O–H groups in total. The Morgan fingerprint density at radius 3 is 2.62 bits per heavy atom. The van der Waals surface area contributed by atoms with Gasteiger partial charge < -0.3 is 15.3 Å². The molecule has 1 saturated carbocycles. The molecule has 0 atom stereocenters. The van der Waals surface area contributed by atoms with Crippen LogP contribution in [-0.4, -0.2) is 53.0 Å². The Balaban J connectivity index is 2.04. The van der Waals surface area contributed by atoms with Crippen molar-refractivity contribution in [1.29, 1.82) is 0 Å². The fourth-order valence-electron chi connectivity index (χ4n) is 2.85. The third kappa shape index (κ3) is 3.39. The maximum absolute atomic E-state index is 12.2. The van der Waals surface area contributed by atoms with Crippen LogP contribution in [0.4, 0.5) is 0 Å². The van der Waals surface area contributed by atoms with Crippen molar-refractivity contribution in [2.45, 2.75) is 31.2 Å². The zero-order chi connectivity index (χ0) is 15.5. The van der Waals surface area contributed by atoms with Gasteiger partial charge in [0.25, 0.3) is 5.91 Å². The number of carbonyl (C=O) groups excluding carboxylic acids is 1. The summed E-state index contributed by atoms with van der Waals surface area (Å²) in [6, 6.07) is 2.83. The van der Waals surface area contributed by atoms with E-state index < -0.39 is 5.97 Å². The number of hydrogen-bond acceptors (Lipinski definition) is 4. The van der Waals surface area contributed by atoms with E-state index in [0.29, 0.717) is 12.1 Å². The lowest BCUT2D eigenvalue weighted by atomic mass is 9.96. The second-order valence-electron chi connectivity index (χ2n) is 5.74. The molecule has 1 aromatic heterocycles. The third-order valence-electron chi connectivity index (χ3n) is 4.30. The van der Waals surface area contributed by atoms with Gasteiger partial charge in [-0.3, -0.25) is 4.79 Å². The molecule has 0 aromatic carbocycles. The highest BCUT2D eigenvalue weighted by atomic mass is 16.4. The zero-order valence-electron chi connectivity index (χ0n) is 12.4. The number of carboxylic acid groups (broad SMARTS) is 1. The van der Waals surface area contributed by atoms with Gasteiger partial charge in [0.15, 0.2) is 0 Å². The lowest BCUT2D eigenvalue weighted by molar-refractivity contribution is 0.0690. The van der Waals surface area contributed by atoms with Gasteiger partial charge in [-0.25, -0.2) is 9.78 Å². The Bertz CT molecular complexity index is 537. The Kier molecular flexibility index (Phi) is 4.57. The lowest BCUT2D eigenvalue weighted by Crippen LogP contribution is -2.50. The molecular formula is C15H21N3O3. The first-order valence-corrected chi connectivity index (χ1v) is 7.10. The highest BCUT2D eigenvalue weighted by Crippen LogP contribution is 2.33. The number of nitrogens with one attached hydrogen (secondary N) is 1. The lowest BCUT2D eigenvalue weighted by Gasteiger charge is -2.36. The molecule has 1 aromatic rings. The van der Waals surface area contributed by atoms with Crippen molar-refractivity contribution in [1.82, 2.24) is 15.2 Å². The van der Waals surface area contributed by atoms with Crippen LogP contribution < -0.4 is 5.32 Å². The normalized spacial score (nSPS) is 16.9. The van der Waals surface area contributed by atoms with Crippen molar-refractivity contribution in [3.63, 3.8) is 0 Å². The molecule has 0 saturated heterocycles. The van der Waals surface area contributed by atoms with Crippen molar-refractivity contribution in [2.24, 2.45) is 0 Å². The van der Waals surface area contributed by atoms with Crippen LogP contribution in [0.5, 0.6) is 0 Å². The van der Waals surface area contributed by atoms with Crippen LogP contribution in [0, 0.1) is 0 Å². The zero-order valence-corrected chi connectivity index (χ0v) is 12.4. The Hall–Kier alpha value is -1.95. The summed E-state index contributed by atoms with van der Waals surface area (Å²) < 4.78 is 0. The third-order valence-corrected chi connectivity index (χ3v) is 4.30. The number of aromatic nitrogens is 1. The van der Waals surface area contributed by atoms with Gasteiger partial charge in [-0.05, 0) is 39.1 Å². The minimum atomic E-state index is -1.13. The summed E-state index contributed by atoms with van der Waals surface area (Å²) in [4.78, 5) is 29.0. The Morgan fingerprint density at radius 2 is 2.05 bits per heavy atom. The van der Waals surface area contributed by atoms with Gasteiger partial charge in [0.1, 0.15) is 5.69 Å². The van der Waals surface area contributed by atoms with Gasteiger partial charge >= 0.3 is 5.97 Å². The van der Waals surface area contributed by atoms with Crippen molar-refractivity contribution in [2.75, 3.05) is 20.6 Å². The number of likely N-dealkylation sites (N-methyl/N-ethyl adjacent to an activating group) is 1. The molecule has 1 amide bonds. The smallest absolute Gasteiger partial charge is 0.354 e. The summed E-state index contributed by atoms with van der Waals surface area (Å²) in [5.41, 5.74) is 0.221. The molecule has 1 fully saturated rings. The van der Waals surface area contributed by atoms with E-state index >= 15 is 0 Å². The maximum Gasteiger partial charge on any atom is 0.354 e. The maximum atomic E-state index is 12.2. The van der Waals surface area contributed by atoms with Crippen molar-refractivity contribution >= 4 is 11.9 Å². The fourth-order valence-corrected chi connectivity index (χ4v) is 2.85. The molecule has 21 heavy (non-hydrogen) atoms. The van der Waals surface area contributed by atoms with Crippen LogP contribution in [0.1, 0.15) is 46.5 Å². The van der Waals surface area contributed by atoms with Gasteiger partial charge in [0.05, 0.1) is 0 Å². The minimum absolute atomic E-state index is 0.0122. The molecule has 0 aliphatic heterocycles. The highest BCUT2D eigenvalue weighted by molar-refractivity contribution is 5.96. The summed E-state index contributed by atoms with van der Waals surface area (Å²) in [6.45, 7) is 0.573. The summed E-state index contributed by atoms with van der Waals surface area (Å²) in [5, 5.41) is 11.8. The van der Waals surface area contributed by atoms with E-state index in [2.05, 4.69) is 15.2 Å². The monoisotopic (exact) mass is 291 g/mol. The fraction of sp³-hybridized carbons (Fsp3) is 0.533. The van der Waals surface area contributed by atoms with Crippen LogP contribution in [0.2, 0.25) is 0 Å². The van der Waals surface area contributed by atoms with E-state index in [1.807, 2.05) is 14.1 Å². The van der Waals surface area contributed by atoms with Gasteiger partial charge in [-0.2, -0.15) is 0 Å². The molecule has 1 aliphatic rings. The van der Waals surface area contributed by atoms with E-state index in [1.54, 1.807) is 0 Å². The Labute approximate surface area is 124 Å². The van der Waals surface area contributed by atoms with Crippen LogP contribution in [0.25, 0.3) is 0 Å². The molecule has 6 nitrogen and oxygen atoms in total. The van der Waals surface area contributed by atoms with Crippen LogP contribution in [0.3, 0.4) is 0 Å². The van der Waals surface area contributed by atoms with E-state index in [9.17, 15) is 9.59 Å². The molecule has 0 radical (unpaired) electrons. The number of carboxylic acids is 1. The standard InChI is InChI=1S/C15H21N3O3/c1-18(2)15(6-3-4-7-15)10-17-13(19)11-5-8-16-12(9-11)14(20)21/h5,8-9H,3-4,6-7,10H2,1-2H3,(H,17,19)(H,20,21). The van der Waals surface area contributed by atoms with Crippen LogP contribution in [0.15, 0.2) is 18.3 Å². The van der Waals surface area contributed by atoms with Gasteiger partial charge in [0, 0.05) is 23.8 Å². The quantitative estimate of drug-likeness (QED) is 0.856. The van der Waals surface area contributed by atoms with Crippen LogP contribution >= 0.6 is 0 Å². The van der Waals surface area contributed by atoms with E-state index in [-0.39, 0.29) is 17.1 Å². The average molecular weight is 291 g/mol. The summed E-state index contributed by atoms with van der Waals surface area (Å²) in [7, 11) is 4.07. The minimum Gasteiger partial charge on any atom is -0.477 e. The first-order valence-electron chi connectivity index (χ1n) is 7.10. The summed E-state index contributed by atoms with van der Waals surface area (Å²) in [6.07, 6.45) is 5.82. The topological polar surface area (TPSA) is 82.5 Å². The first-order chi connectivity index (χ1) is 9.94. The number of pyridine rings is 1. The molecule has 1 aliphatic carbocycles. The molecule has 114 valence electrons. The number of carbonyl (C=O) groups is 2. The molecule has 0 unspecified atom stereocenters. The largest absolute Gasteiger partial charge is 0.477 e. The molecule has 6 heteroatoms. The number of amides is 1. The van der Waals surface area contributed by atoms with Gasteiger partial charge in [-0.15, -0.1) is 0 Å². The van der Waals surface area contributed by atoms with Crippen molar-refractivity contribution in [3.05, 3.63) is 29.6 Å². The molecular weight excluding hydrogens is 270 g/mol. The van der Waals surface area contributed by atoms with Gasteiger partial charge in [-0.1, -0.05) is 12.8 Å². The predicted molar refractivity (Wildman–Crippen MR) is 78.4 cm³/mol. The average Bonchev–Trinajstić information content (AvgIpc) is 2.95. The predicted octanol–water partition coefficient (Wildman–Crippen LogP) is 1.38. The second kappa shape index (κ2) is 6.22. The first kappa shape index (κ1) is 15.4. The number of hydrogen-bond donors (Lipinski definition) is 2. The molecule has 0 spiro atoms.